The zero-order valence-electron chi connectivity index (χ0n) is 15.5. The zero-order valence-corrected chi connectivity index (χ0v) is 17.1. The van der Waals surface area contributed by atoms with Gasteiger partial charge in [-0.2, -0.15) is 0 Å². The van der Waals surface area contributed by atoms with Crippen LogP contribution in [0.25, 0.3) is 0 Å². The quantitative estimate of drug-likeness (QED) is 0.568. The Hall–Kier alpha value is -2.85. The van der Waals surface area contributed by atoms with Crippen molar-refractivity contribution in [2.45, 2.75) is 23.8 Å². The molecule has 0 bridgehead atoms. The highest BCUT2D eigenvalue weighted by Gasteiger charge is 2.36. The molecular formula is C20H17F2N3O3S2. The zero-order chi connectivity index (χ0) is 21.3. The second kappa shape index (κ2) is 8.11. The number of hydrogen-bond donors (Lipinski definition) is 2. The van der Waals surface area contributed by atoms with Gasteiger partial charge >= 0.3 is 0 Å². The van der Waals surface area contributed by atoms with E-state index in [0.717, 1.165) is 36.3 Å². The first-order chi connectivity index (χ1) is 14.3. The van der Waals surface area contributed by atoms with E-state index in [2.05, 4.69) is 15.0 Å². The first-order valence-electron chi connectivity index (χ1n) is 9.12. The number of halogens is 2. The number of rotatable bonds is 7. The van der Waals surface area contributed by atoms with Crippen molar-refractivity contribution >= 4 is 32.4 Å². The molecule has 30 heavy (non-hydrogen) atoms. The summed E-state index contributed by atoms with van der Waals surface area (Å²) < 4.78 is 55.5. The second-order valence-corrected chi connectivity index (χ2v) is 9.47. The van der Waals surface area contributed by atoms with Gasteiger partial charge in [0.2, 0.25) is 0 Å². The van der Waals surface area contributed by atoms with Crippen LogP contribution in [0.5, 0.6) is 0 Å². The van der Waals surface area contributed by atoms with Crippen molar-refractivity contribution in [2.24, 2.45) is 5.92 Å². The molecule has 1 aromatic heterocycles. The highest BCUT2D eigenvalue weighted by Crippen LogP contribution is 2.42. The lowest BCUT2D eigenvalue weighted by atomic mass is 10.0. The Balaban J connectivity index is 1.52. The lowest BCUT2D eigenvalue weighted by Crippen LogP contribution is -2.31. The number of carbonyl (C=O) groups excluding carboxylic acids is 1. The molecule has 1 aliphatic carbocycles. The molecule has 1 aliphatic rings. The number of carbonyl (C=O) groups is 1. The van der Waals surface area contributed by atoms with Crippen LogP contribution < -0.4 is 10.0 Å². The summed E-state index contributed by atoms with van der Waals surface area (Å²) in [6, 6.07) is 8.11. The Morgan fingerprint density at radius 3 is 2.33 bits per heavy atom. The highest BCUT2D eigenvalue weighted by atomic mass is 32.2. The third kappa shape index (κ3) is 4.34. The van der Waals surface area contributed by atoms with Crippen molar-refractivity contribution in [3.63, 3.8) is 0 Å². The summed E-state index contributed by atoms with van der Waals surface area (Å²) in [5, 5.41) is 4.57. The normalized spacial score (nSPS) is 14.9. The number of hydrogen-bond acceptors (Lipinski definition) is 5. The van der Waals surface area contributed by atoms with Crippen molar-refractivity contribution in [2.75, 3.05) is 4.72 Å². The van der Waals surface area contributed by atoms with Gasteiger partial charge in [-0.05, 0) is 55.2 Å². The summed E-state index contributed by atoms with van der Waals surface area (Å²) in [5.74, 6) is -1.99. The summed E-state index contributed by atoms with van der Waals surface area (Å²) in [6.45, 7) is 0. The fourth-order valence-corrected chi connectivity index (χ4v) is 4.91. The SMILES string of the molecule is O=C(NC(c1c(F)cccc1F)C1CC1)c1ccc(S(=O)(=O)Nc2nccs2)cc1. The van der Waals surface area contributed by atoms with Crippen LogP contribution in [0.4, 0.5) is 13.9 Å². The molecule has 1 fully saturated rings. The van der Waals surface area contributed by atoms with Gasteiger partial charge in [-0.15, -0.1) is 11.3 Å². The number of anilines is 1. The molecule has 0 spiro atoms. The van der Waals surface area contributed by atoms with E-state index in [9.17, 15) is 22.0 Å². The van der Waals surface area contributed by atoms with Gasteiger partial charge < -0.3 is 5.32 Å². The van der Waals surface area contributed by atoms with Crippen molar-refractivity contribution in [1.29, 1.82) is 0 Å². The predicted octanol–water partition coefficient (Wildman–Crippen LogP) is 4.10. The number of aromatic nitrogens is 1. The molecule has 156 valence electrons. The molecule has 2 aromatic carbocycles. The summed E-state index contributed by atoms with van der Waals surface area (Å²) in [7, 11) is -3.84. The molecule has 10 heteroatoms. The number of nitrogens with zero attached hydrogens (tertiary/aromatic N) is 1. The van der Waals surface area contributed by atoms with E-state index in [1.807, 2.05) is 0 Å². The van der Waals surface area contributed by atoms with E-state index in [0.29, 0.717) is 0 Å². The Bertz CT molecular complexity index is 1140. The van der Waals surface area contributed by atoms with E-state index in [1.165, 1.54) is 36.5 Å². The molecule has 0 saturated heterocycles. The molecule has 1 amide bonds. The minimum atomic E-state index is -3.84. The van der Waals surface area contributed by atoms with Crippen molar-refractivity contribution in [3.8, 4) is 0 Å². The second-order valence-electron chi connectivity index (χ2n) is 6.89. The lowest BCUT2D eigenvalue weighted by molar-refractivity contribution is 0.0930. The van der Waals surface area contributed by atoms with E-state index in [4.69, 9.17) is 0 Å². The maximum Gasteiger partial charge on any atom is 0.263 e. The van der Waals surface area contributed by atoms with E-state index >= 15 is 0 Å². The smallest absolute Gasteiger partial charge is 0.263 e. The average molecular weight is 450 g/mol. The van der Waals surface area contributed by atoms with Crippen molar-refractivity contribution < 1.29 is 22.0 Å². The minimum Gasteiger partial charge on any atom is -0.345 e. The van der Waals surface area contributed by atoms with Gasteiger partial charge in [0.25, 0.3) is 15.9 Å². The molecule has 1 unspecified atom stereocenters. The number of benzene rings is 2. The third-order valence-corrected chi connectivity index (χ3v) is 6.94. The summed E-state index contributed by atoms with van der Waals surface area (Å²) >= 11 is 1.14. The van der Waals surface area contributed by atoms with Gasteiger partial charge in [0, 0.05) is 22.7 Å². The van der Waals surface area contributed by atoms with Crippen molar-refractivity contribution in [1.82, 2.24) is 10.3 Å². The minimum absolute atomic E-state index is 0.0341. The predicted molar refractivity (Wildman–Crippen MR) is 109 cm³/mol. The topological polar surface area (TPSA) is 88.2 Å². The highest BCUT2D eigenvalue weighted by molar-refractivity contribution is 7.93. The Labute approximate surface area is 176 Å². The van der Waals surface area contributed by atoms with Crippen LogP contribution in [0.2, 0.25) is 0 Å². The van der Waals surface area contributed by atoms with Crippen LogP contribution in [0.15, 0.2) is 58.9 Å². The molecule has 0 radical (unpaired) electrons. The Morgan fingerprint density at radius 2 is 1.77 bits per heavy atom. The first kappa shape index (κ1) is 20.4. The summed E-state index contributed by atoms with van der Waals surface area (Å²) in [6.07, 6.45) is 3.00. The molecule has 3 aromatic rings. The lowest BCUT2D eigenvalue weighted by Gasteiger charge is -2.20. The maximum atomic E-state index is 14.2. The standard InChI is InChI=1S/C20H17F2N3O3S2/c21-15-2-1-3-16(22)17(15)18(12-4-5-12)24-19(26)13-6-8-14(9-7-13)30(27,28)25-20-23-10-11-29-20/h1-3,6-12,18H,4-5H2,(H,23,25)(H,24,26). The van der Waals surface area contributed by atoms with Gasteiger partial charge in [-0.3, -0.25) is 9.52 Å². The van der Waals surface area contributed by atoms with Crippen molar-refractivity contribution in [3.05, 3.63) is 76.8 Å². The van der Waals surface area contributed by atoms with Gasteiger partial charge in [0.05, 0.1) is 10.9 Å². The van der Waals surface area contributed by atoms with E-state index in [-0.39, 0.29) is 27.1 Å². The summed E-state index contributed by atoms with van der Waals surface area (Å²) in [5.41, 5.74) is 0.0331. The monoisotopic (exact) mass is 449 g/mol. The molecule has 1 saturated carbocycles. The molecule has 1 atom stereocenters. The molecular weight excluding hydrogens is 432 g/mol. The largest absolute Gasteiger partial charge is 0.345 e. The van der Waals surface area contributed by atoms with Crippen LogP contribution in [0.3, 0.4) is 0 Å². The number of nitrogens with one attached hydrogen (secondary N) is 2. The fraction of sp³-hybridized carbons (Fsp3) is 0.200. The van der Waals surface area contributed by atoms with Gasteiger partial charge in [0.1, 0.15) is 11.6 Å². The number of thiazole rings is 1. The molecule has 6 nitrogen and oxygen atoms in total. The Morgan fingerprint density at radius 1 is 1.10 bits per heavy atom. The van der Waals surface area contributed by atoms with Crippen LogP contribution in [0, 0.1) is 17.6 Å². The molecule has 0 aliphatic heterocycles. The first-order valence-corrected chi connectivity index (χ1v) is 11.5. The van der Waals surface area contributed by atoms with Crippen LogP contribution in [-0.2, 0) is 10.0 Å². The van der Waals surface area contributed by atoms with Crippen LogP contribution in [-0.4, -0.2) is 19.3 Å². The summed E-state index contributed by atoms with van der Waals surface area (Å²) in [4.78, 5) is 16.5. The fourth-order valence-electron chi connectivity index (χ4n) is 3.12. The average Bonchev–Trinajstić information content (AvgIpc) is 3.44. The van der Waals surface area contributed by atoms with Crippen LogP contribution in [0.1, 0.15) is 34.8 Å². The van der Waals surface area contributed by atoms with Gasteiger partial charge in [0.15, 0.2) is 5.13 Å². The van der Waals surface area contributed by atoms with Gasteiger partial charge in [-0.1, -0.05) is 6.07 Å². The third-order valence-electron chi connectivity index (χ3n) is 4.77. The van der Waals surface area contributed by atoms with E-state index < -0.39 is 33.6 Å². The maximum absolute atomic E-state index is 14.2. The molecule has 1 heterocycles. The number of amides is 1. The molecule has 4 rings (SSSR count). The van der Waals surface area contributed by atoms with Gasteiger partial charge in [-0.25, -0.2) is 22.2 Å². The van der Waals surface area contributed by atoms with Crippen LogP contribution >= 0.6 is 11.3 Å². The number of sulfonamides is 1. The molecule has 2 N–H and O–H groups in total. The Kier molecular flexibility index (Phi) is 5.52. The van der Waals surface area contributed by atoms with E-state index in [1.54, 1.807) is 5.38 Å².